The molecular weight excluding hydrogens is 383 g/mol. The lowest BCUT2D eigenvalue weighted by Gasteiger charge is -2.20. The number of benzene rings is 3. The van der Waals surface area contributed by atoms with Gasteiger partial charge in [-0.2, -0.15) is 0 Å². The highest BCUT2D eigenvalue weighted by Crippen LogP contribution is 2.28. The Kier molecular flexibility index (Phi) is 4.88. The van der Waals surface area contributed by atoms with Crippen LogP contribution in [-0.4, -0.2) is 31.0 Å². The zero-order valence-corrected chi connectivity index (χ0v) is 16.0. The highest BCUT2D eigenvalue weighted by molar-refractivity contribution is 8.14. The molecule has 1 aliphatic heterocycles. The van der Waals surface area contributed by atoms with Crippen LogP contribution in [0.15, 0.2) is 76.6 Å². The van der Waals surface area contributed by atoms with Crippen molar-refractivity contribution in [1.82, 2.24) is 4.31 Å². The van der Waals surface area contributed by atoms with Gasteiger partial charge in [-0.25, -0.2) is 17.1 Å². The van der Waals surface area contributed by atoms with Gasteiger partial charge in [-0.3, -0.25) is 4.99 Å². The quantitative estimate of drug-likeness (QED) is 0.657. The molecule has 0 saturated carbocycles. The van der Waals surface area contributed by atoms with E-state index in [1.54, 1.807) is 0 Å². The number of sulfonamides is 1. The van der Waals surface area contributed by atoms with Crippen LogP contribution in [0.1, 0.15) is 5.56 Å². The van der Waals surface area contributed by atoms with E-state index in [4.69, 9.17) is 0 Å². The van der Waals surface area contributed by atoms with Crippen molar-refractivity contribution in [2.45, 2.75) is 10.6 Å². The van der Waals surface area contributed by atoms with Gasteiger partial charge in [0.2, 0.25) is 0 Å². The first-order chi connectivity index (χ1) is 13.1. The molecule has 1 aliphatic rings. The molecule has 0 atom stereocenters. The van der Waals surface area contributed by atoms with Gasteiger partial charge in [-0.1, -0.05) is 54.2 Å². The van der Waals surface area contributed by atoms with Gasteiger partial charge >= 0.3 is 0 Å². The summed E-state index contributed by atoms with van der Waals surface area (Å²) in [5, 5.41) is 2.78. The van der Waals surface area contributed by atoms with E-state index in [0.717, 1.165) is 28.5 Å². The maximum atomic E-state index is 13.1. The van der Waals surface area contributed by atoms with Gasteiger partial charge in [-0.05, 0) is 40.6 Å². The van der Waals surface area contributed by atoms with E-state index in [-0.39, 0.29) is 4.90 Å². The third-order valence-corrected chi connectivity index (χ3v) is 7.38. The highest BCUT2D eigenvalue weighted by Gasteiger charge is 2.30. The molecule has 0 amide bonds. The Morgan fingerprint density at radius 1 is 1.00 bits per heavy atom. The number of rotatable bonds is 4. The van der Waals surface area contributed by atoms with Crippen molar-refractivity contribution in [3.8, 4) is 0 Å². The number of fused-ring (bicyclic) bond motifs is 1. The Labute approximate surface area is 161 Å². The second kappa shape index (κ2) is 7.32. The summed E-state index contributed by atoms with van der Waals surface area (Å²) in [6, 6.07) is 19.1. The lowest BCUT2D eigenvalue weighted by molar-refractivity contribution is 0.539. The molecule has 0 spiro atoms. The minimum Gasteiger partial charge on any atom is -0.260 e. The Bertz CT molecular complexity index is 1110. The first kappa shape index (κ1) is 18.0. The van der Waals surface area contributed by atoms with E-state index in [1.807, 2.05) is 24.3 Å². The molecule has 1 heterocycles. The Morgan fingerprint density at radius 2 is 1.74 bits per heavy atom. The molecule has 7 heteroatoms. The van der Waals surface area contributed by atoms with Crippen molar-refractivity contribution in [3.63, 3.8) is 0 Å². The largest absolute Gasteiger partial charge is 0.265 e. The van der Waals surface area contributed by atoms with E-state index in [2.05, 4.69) is 23.2 Å². The van der Waals surface area contributed by atoms with Crippen LogP contribution >= 0.6 is 11.8 Å². The van der Waals surface area contributed by atoms with Gasteiger partial charge in [0.15, 0.2) is 5.17 Å². The summed E-state index contributed by atoms with van der Waals surface area (Å²) in [6.07, 6.45) is 0. The van der Waals surface area contributed by atoms with Gasteiger partial charge < -0.3 is 0 Å². The number of aliphatic imine (C=N–C) groups is 1. The van der Waals surface area contributed by atoms with Gasteiger partial charge in [0.05, 0.1) is 18.0 Å². The molecular formula is C20H17FN2O2S2. The molecule has 0 N–H and O–H groups in total. The van der Waals surface area contributed by atoms with Crippen molar-refractivity contribution < 1.29 is 12.8 Å². The minimum atomic E-state index is -3.74. The normalized spacial score (nSPS) is 14.6. The average molecular weight is 401 g/mol. The van der Waals surface area contributed by atoms with Gasteiger partial charge in [0.1, 0.15) is 5.82 Å². The topological polar surface area (TPSA) is 49.7 Å². The zero-order chi connectivity index (χ0) is 18.9. The zero-order valence-electron chi connectivity index (χ0n) is 14.4. The molecule has 0 bridgehead atoms. The Hall–Kier alpha value is -2.38. The number of hydrogen-bond donors (Lipinski definition) is 0. The van der Waals surface area contributed by atoms with E-state index < -0.39 is 15.8 Å². The fourth-order valence-corrected chi connectivity index (χ4v) is 5.77. The molecule has 0 fully saturated rings. The second-order valence-electron chi connectivity index (χ2n) is 6.12. The maximum Gasteiger partial charge on any atom is 0.265 e. The van der Waals surface area contributed by atoms with Gasteiger partial charge in [-0.15, -0.1) is 0 Å². The molecule has 0 aliphatic carbocycles. The summed E-state index contributed by atoms with van der Waals surface area (Å²) in [5.74, 6) is 0.157. The third-order valence-electron chi connectivity index (χ3n) is 4.40. The van der Waals surface area contributed by atoms with Crippen LogP contribution < -0.4 is 0 Å². The number of halogens is 1. The highest BCUT2D eigenvalue weighted by atomic mass is 32.2. The molecule has 0 radical (unpaired) electrons. The Balaban J connectivity index is 1.56. The number of nitrogens with zero attached hydrogens (tertiary/aromatic N) is 2. The van der Waals surface area contributed by atoms with Crippen molar-refractivity contribution in [2.75, 3.05) is 13.1 Å². The van der Waals surface area contributed by atoms with E-state index in [1.165, 1.54) is 28.2 Å². The molecule has 0 aromatic heterocycles. The molecule has 27 heavy (non-hydrogen) atoms. The summed E-state index contributed by atoms with van der Waals surface area (Å²) < 4.78 is 40.2. The summed E-state index contributed by atoms with van der Waals surface area (Å²) >= 11 is 1.41. The molecule has 4 nitrogen and oxygen atoms in total. The van der Waals surface area contributed by atoms with E-state index in [9.17, 15) is 12.8 Å². The predicted octanol–water partition coefficient (Wildman–Crippen LogP) is 4.27. The van der Waals surface area contributed by atoms with Gasteiger partial charge in [0.25, 0.3) is 10.0 Å². The van der Waals surface area contributed by atoms with Crippen LogP contribution in [0.5, 0.6) is 0 Å². The van der Waals surface area contributed by atoms with Crippen LogP contribution in [0.3, 0.4) is 0 Å². The molecule has 3 aromatic carbocycles. The van der Waals surface area contributed by atoms with Crippen molar-refractivity contribution >= 4 is 37.7 Å². The monoisotopic (exact) mass is 400 g/mol. The van der Waals surface area contributed by atoms with Crippen molar-refractivity contribution in [1.29, 1.82) is 0 Å². The minimum absolute atomic E-state index is 0.0734. The summed E-state index contributed by atoms with van der Waals surface area (Å²) in [4.78, 5) is 4.45. The summed E-state index contributed by atoms with van der Waals surface area (Å²) in [5.41, 5.74) is 1.13. The SMILES string of the molecule is O=S(=O)(c1ccc(F)cc1)N1CCN=C1SCc1cccc2ccccc12. The summed E-state index contributed by atoms with van der Waals surface area (Å²) in [7, 11) is -3.74. The van der Waals surface area contributed by atoms with Crippen LogP contribution in [0.2, 0.25) is 0 Å². The van der Waals surface area contributed by atoms with Crippen LogP contribution in [0, 0.1) is 5.82 Å². The van der Waals surface area contributed by atoms with Gasteiger partial charge in [0, 0.05) is 5.75 Å². The first-order valence-corrected chi connectivity index (χ1v) is 10.9. The maximum absolute atomic E-state index is 13.1. The van der Waals surface area contributed by atoms with Crippen molar-refractivity contribution in [2.24, 2.45) is 4.99 Å². The standard InChI is InChI=1S/C20H17FN2O2S2/c21-17-8-10-18(11-9-17)27(24,25)23-13-12-22-20(23)26-14-16-6-3-5-15-4-1-2-7-19(15)16/h1-11H,12-14H2. The molecule has 3 aromatic rings. The van der Waals surface area contributed by atoms with Crippen LogP contribution in [-0.2, 0) is 15.8 Å². The summed E-state index contributed by atoms with van der Waals surface area (Å²) in [6.45, 7) is 0.732. The molecule has 0 unspecified atom stereocenters. The molecule has 4 rings (SSSR count). The van der Waals surface area contributed by atoms with Crippen LogP contribution in [0.25, 0.3) is 10.8 Å². The van der Waals surface area contributed by atoms with Crippen molar-refractivity contribution in [3.05, 3.63) is 78.1 Å². The molecule has 138 valence electrons. The number of amidine groups is 1. The fraction of sp³-hybridized carbons (Fsp3) is 0.150. The lowest BCUT2D eigenvalue weighted by Crippen LogP contribution is -2.32. The molecule has 0 saturated heterocycles. The Morgan fingerprint density at radius 3 is 2.56 bits per heavy atom. The number of hydrogen-bond acceptors (Lipinski definition) is 4. The van der Waals surface area contributed by atoms with E-state index >= 15 is 0 Å². The average Bonchev–Trinajstić information content (AvgIpc) is 3.16. The van der Waals surface area contributed by atoms with E-state index in [0.29, 0.717) is 24.0 Å². The second-order valence-corrected chi connectivity index (χ2v) is 8.93. The van der Waals surface area contributed by atoms with Crippen LogP contribution in [0.4, 0.5) is 4.39 Å². The fourth-order valence-electron chi connectivity index (χ4n) is 3.05. The lowest BCUT2D eigenvalue weighted by atomic mass is 10.1. The number of thioether (sulfide) groups is 1. The predicted molar refractivity (Wildman–Crippen MR) is 108 cm³/mol. The smallest absolute Gasteiger partial charge is 0.260 e. The first-order valence-electron chi connectivity index (χ1n) is 8.48. The third kappa shape index (κ3) is 3.57.